The van der Waals surface area contributed by atoms with E-state index in [1.165, 1.54) is 11.0 Å². The van der Waals surface area contributed by atoms with Gasteiger partial charge in [-0.15, -0.1) is 0 Å². The van der Waals surface area contributed by atoms with Gasteiger partial charge in [0.25, 0.3) is 0 Å². The summed E-state index contributed by atoms with van der Waals surface area (Å²) in [5, 5.41) is 0. The molecule has 0 bridgehead atoms. The van der Waals surface area contributed by atoms with Crippen LogP contribution in [0.1, 0.15) is 5.56 Å². The van der Waals surface area contributed by atoms with Crippen molar-refractivity contribution in [2.24, 2.45) is 0 Å². The van der Waals surface area contributed by atoms with E-state index >= 15 is 0 Å². The second kappa shape index (κ2) is 6.11. The molecule has 124 valence electrons. The van der Waals surface area contributed by atoms with E-state index in [4.69, 9.17) is 9.47 Å². The van der Waals surface area contributed by atoms with Crippen LogP contribution < -0.4 is 9.47 Å². The maximum absolute atomic E-state index is 12.0. The predicted molar refractivity (Wildman–Crippen MR) is 74.0 cm³/mol. The van der Waals surface area contributed by atoms with E-state index in [0.29, 0.717) is 11.5 Å². The zero-order valence-electron chi connectivity index (χ0n) is 12.0. The molecule has 2 aliphatic rings. The minimum absolute atomic E-state index is 0.167. The third-order valence-electron chi connectivity index (χ3n) is 3.46. The lowest BCUT2D eigenvalue weighted by molar-refractivity contribution is -0.199. The van der Waals surface area contributed by atoms with Gasteiger partial charge in [-0.3, -0.25) is 4.79 Å². The fourth-order valence-electron chi connectivity index (χ4n) is 2.23. The van der Waals surface area contributed by atoms with Crippen LogP contribution in [0.25, 0.3) is 6.08 Å². The second-order valence-electron chi connectivity index (χ2n) is 5.24. The molecule has 5 nitrogen and oxygen atoms in total. The molecule has 0 aliphatic carbocycles. The average Bonchev–Trinajstić information content (AvgIpc) is 2.89. The molecule has 1 aromatic rings. The topological polar surface area (TPSA) is 48.0 Å². The van der Waals surface area contributed by atoms with Gasteiger partial charge >= 0.3 is 6.18 Å². The third-order valence-corrected chi connectivity index (χ3v) is 3.46. The number of carbonyl (C=O) groups excluding carboxylic acids is 1. The van der Waals surface area contributed by atoms with Crippen molar-refractivity contribution in [2.75, 3.05) is 26.5 Å². The minimum Gasteiger partial charge on any atom is -0.454 e. The van der Waals surface area contributed by atoms with Gasteiger partial charge in [0.05, 0.1) is 6.10 Å². The summed E-state index contributed by atoms with van der Waals surface area (Å²) in [6, 6.07) is 5.28. The number of nitrogens with zero attached hydrogens (tertiary/aromatic N) is 1. The number of benzene rings is 1. The van der Waals surface area contributed by atoms with E-state index in [1.54, 1.807) is 24.3 Å². The molecule has 1 aromatic carbocycles. The van der Waals surface area contributed by atoms with Crippen LogP contribution in [0.3, 0.4) is 0 Å². The molecule has 0 saturated carbocycles. The molecular formula is C15H14F3NO4. The highest BCUT2D eigenvalue weighted by Gasteiger charge is 2.35. The number of alkyl halides is 3. The molecule has 0 aromatic heterocycles. The number of ether oxygens (including phenoxy) is 3. The number of halogens is 3. The number of likely N-dealkylation sites (tertiary alicyclic amines) is 1. The number of hydrogen-bond acceptors (Lipinski definition) is 4. The summed E-state index contributed by atoms with van der Waals surface area (Å²) in [6.07, 6.45) is -1.91. The molecule has 0 N–H and O–H groups in total. The molecule has 3 rings (SSSR count). The molecule has 2 heterocycles. The first-order valence-electron chi connectivity index (χ1n) is 6.96. The normalized spacial score (nSPS) is 17.6. The number of hydrogen-bond donors (Lipinski definition) is 0. The zero-order valence-corrected chi connectivity index (χ0v) is 12.0. The Morgan fingerprint density at radius 2 is 2.04 bits per heavy atom. The lowest BCUT2D eigenvalue weighted by Crippen LogP contribution is -2.54. The first-order chi connectivity index (χ1) is 10.9. The highest BCUT2D eigenvalue weighted by Crippen LogP contribution is 2.32. The van der Waals surface area contributed by atoms with E-state index in [0.717, 1.165) is 5.56 Å². The van der Waals surface area contributed by atoms with Gasteiger partial charge in [0.2, 0.25) is 12.7 Å². The second-order valence-corrected chi connectivity index (χ2v) is 5.24. The molecule has 0 spiro atoms. The van der Waals surface area contributed by atoms with Gasteiger partial charge in [-0.1, -0.05) is 6.07 Å². The standard InChI is InChI=1S/C15H14F3NO4/c16-15(17,18)8-21-11-6-19(7-11)14(20)4-2-10-1-3-12-13(5-10)23-9-22-12/h1-5,11H,6-9H2/b4-2+. The Morgan fingerprint density at radius 1 is 1.30 bits per heavy atom. The summed E-state index contributed by atoms with van der Waals surface area (Å²) in [5.74, 6) is 1.000. The van der Waals surface area contributed by atoms with Crippen molar-refractivity contribution in [3.8, 4) is 11.5 Å². The Hall–Kier alpha value is -2.22. The SMILES string of the molecule is O=C(/C=C/c1ccc2c(c1)OCO2)N1CC(OCC(F)(F)F)C1. The molecule has 1 fully saturated rings. The smallest absolute Gasteiger partial charge is 0.411 e. The van der Waals surface area contributed by atoms with Gasteiger partial charge in [0.15, 0.2) is 11.5 Å². The van der Waals surface area contributed by atoms with Gasteiger partial charge in [0, 0.05) is 19.2 Å². The quantitative estimate of drug-likeness (QED) is 0.795. The first kappa shape index (κ1) is 15.7. The molecule has 23 heavy (non-hydrogen) atoms. The Bertz CT molecular complexity index is 624. The zero-order chi connectivity index (χ0) is 16.4. The van der Waals surface area contributed by atoms with Crippen LogP contribution in [0.2, 0.25) is 0 Å². The van der Waals surface area contributed by atoms with Crippen molar-refractivity contribution in [1.82, 2.24) is 4.90 Å². The number of fused-ring (bicyclic) bond motifs is 1. The van der Waals surface area contributed by atoms with Crippen LogP contribution in [0.5, 0.6) is 11.5 Å². The van der Waals surface area contributed by atoms with Crippen molar-refractivity contribution in [2.45, 2.75) is 12.3 Å². The van der Waals surface area contributed by atoms with Gasteiger partial charge in [-0.2, -0.15) is 13.2 Å². The first-order valence-corrected chi connectivity index (χ1v) is 6.96. The number of rotatable bonds is 4. The molecule has 1 amide bonds. The van der Waals surface area contributed by atoms with Crippen molar-refractivity contribution in [3.63, 3.8) is 0 Å². The van der Waals surface area contributed by atoms with Crippen LogP contribution >= 0.6 is 0 Å². The van der Waals surface area contributed by atoms with Crippen LogP contribution in [0.4, 0.5) is 13.2 Å². The predicted octanol–water partition coefficient (Wildman–Crippen LogP) is 2.22. The van der Waals surface area contributed by atoms with Gasteiger partial charge in [-0.25, -0.2) is 0 Å². The Labute approximate surface area is 130 Å². The maximum Gasteiger partial charge on any atom is 0.411 e. The largest absolute Gasteiger partial charge is 0.454 e. The number of amides is 1. The summed E-state index contributed by atoms with van der Waals surface area (Å²) in [4.78, 5) is 13.3. The Morgan fingerprint density at radius 3 is 2.78 bits per heavy atom. The van der Waals surface area contributed by atoms with E-state index in [-0.39, 0.29) is 25.8 Å². The summed E-state index contributed by atoms with van der Waals surface area (Å²) in [5.41, 5.74) is 0.771. The molecule has 1 saturated heterocycles. The Kier molecular flexibility index (Phi) is 4.16. The van der Waals surface area contributed by atoms with Crippen LogP contribution in [-0.2, 0) is 9.53 Å². The van der Waals surface area contributed by atoms with E-state index in [2.05, 4.69) is 4.74 Å². The van der Waals surface area contributed by atoms with E-state index in [1.807, 2.05) is 0 Å². The summed E-state index contributed by atoms with van der Waals surface area (Å²) >= 11 is 0. The molecule has 8 heteroatoms. The monoisotopic (exact) mass is 329 g/mol. The fraction of sp³-hybridized carbons (Fsp3) is 0.400. The third kappa shape index (κ3) is 3.95. The van der Waals surface area contributed by atoms with Crippen molar-refractivity contribution < 1.29 is 32.2 Å². The fourth-order valence-corrected chi connectivity index (χ4v) is 2.23. The lowest BCUT2D eigenvalue weighted by atomic mass is 10.1. The molecule has 0 radical (unpaired) electrons. The highest BCUT2D eigenvalue weighted by atomic mass is 19.4. The highest BCUT2D eigenvalue weighted by molar-refractivity contribution is 5.92. The van der Waals surface area contributed by atoms with Crippen LogP contribution in [0.15, 0.2) is 24.3 Å². The van der Waals surface area contributed by atoms with E-state index in [9.17, 15) is 18.0 Å². The van der Waals surface area contributed by atoms with Gasteiger partial charge in [0.1, 0.15) is 6.61 Å². The average molecular weight is 329 g/mol. The Balaban J connectivity index is 1.47. The molecule has 0 atom stereocenters. The molecular weight excluding hydrogens is 315 g/mol. The van der Waals surface area contributed by atoms with Crippen molar-refractivity contribution >= 4 is 12.0 Å². The van der Waals surface area contributed by atoms with E-state index < -0.39 is 18.9 Å². The lowest BCUT2D eigenvalue weighted by Gasteiger charge is -2.38. The van der Waals surface area contributed by atoms with Crippen LogP contribution in [-0.4, -0.2) is 49.6 Å². The maximum atomic E-state index is 12.0. The van der Waals surface area contributed by atoms with Gasteiger partial charge < -0.3 is 19.1 Å². The van der Waals surface area contributed by atoms with Crippen molar-refractivity contribution in [1.29, 1.82) is 0 Å². The number of carbonyl (C=O) groups is 1. The van der Waals surface area contributed by atoms with Gasteiger partial charge in [-0.05, 0) is 23.8 Å². The van der Waals surface area contributed by atoms with Crippen LogP contribution in [0, 0.1) is 0 Å². The summed E-state index contributed by atoms with van der Waals surface area (Å²) < 4.78 is 51.1. The summed E-state index contributed by atoms with van der Waals surface area (Å²) in [7, 11) is 0. The molecule has 0 unspecified atom stereocenters. The molecule has 2 aliphatic heterocycles. The minimum atomic E-state index is -4.34. The van der Waals surface area contributed by atoms with Crippen molar-refractivity contribution in [3.05, 3.63) is 29.8 Å². The summed E-state index contributed by atoms with van der Waals surface area (Å²) in [6.45, 7) is -0.776.